The van der Waals surface area contributed by atoms with E-state index in [1.165, 1.54) is 19.3 Å². The number of Topliss-reactive ketones (excluding diaryl/α,β-unsaturated/α-hetero) is 1. The lowest BCUT2D eigenvalue weighted by Crippen LogP contribution is -2.34. The summed E-state index contributed by atoms with van der Waals surface area (Å²) in [6.45, 7) is 2.13. The fourth-order valence-corrected chi connectivity index (χ4v) is 2.27. The second-order valence-corrected chi connectivity index (χ2v) is 4.48. The van der Waals surface area contributed by atoms with E-state index in [1.54, 1.807) is 0 Å². The van der Waals surface area contributed by atoms with Gasteiger partial charge in [0.1, 0.15) is 5.78 Å². The molecule has 1 rings (SSSR count). The molecule has 1 aliphatic carbocycles. The van der Waals surface area contributed by atoms with Crippen molar-refractivity contribution in [1.29, 1.82) is 0 Å². The van der Waals surface area contributed by atoms with Gasteiger partial charge in [0, 0.05) is 18.4 Å². The summed E-state index contributed by atoms with van der Waals surface area (Å²) in [7, 11) is 0. The molecule has 0 aromatic rings. The maximum Gasteiger partial charge on any atom is 0.137 e. The topological polar surface area (TPSA) is 43.1 Å². The van der Waals surface area contributed by atoms with Gasteiger partial charge in [-0.05, 0) is 19.3 Å². The molecule has 2 N–H and O–H groups in total. The van der Waals surface area contributed by atoms with Gasteiger partial charge in [0.25, 0.3) is 0 Å². The molecule has 0 radical (unpaired) electrons. The number of nitrogens with two attached hydrogens (primary N) is 1. The minimum absolute atomic E-state index is 0.141. The summed E-state index contributed by atoms with van der Waals surface area (Å²) in [6.07, 6.45) is 8.61. The number of carbonyl (C=O) groups is 1. The Labute approximate surface area is 87.2 Å². The third-order valence-corrected chi connectivity index (χ3v) is 3.26. The molecule has 2 atom stereocenters. The average molecular weight is 197 g/mol. The highest BCUT2D eigenvalue weighted by Crippen LogP contribution is 2.24. The van der Waals surface area contributed by atoms with Gasteiger partial charge in [-0.1, -0.05) is 32.6 Å². The zero-order chi connectivity index (χ0) is 10.4. The van der Waals surface area contributed by atoms with Crippen LogP contribution in [0.3, 0.4) is 0 Å². The van der Waals surface area contributed by atoms with Crippen molar-refractivity contribution in [2.24, 2.45) is 11.7 Å². The van der Waals surface area contributed by atoms with E-state index in [-0.39, 0.29) is 12.0 Å². The number of hydrogen-bond acceptors (Lipinski definition) is 2. The van der Waals surface area contributed by atoms with E-state index in [1.807, 2.05) is 0 Å². The quantitative estimate of drug-likeness (QED) is 0.704. The normalized spacial score (nSPS) is 28.4. The molecule has 0 spiro atoms. The molecule has 0 bridgehead atoms. The van der Waals surface area contributed by atoms with Crippen LogP contribution in [0, 0.1) is 5.92 Å². The van der Waals surface area contributed by atoms with E-state index in [0.29, 0.717) is 5.78 Å². The van der Waals surface area contributed by atoms with Crippen LogP contribution in [0.1, 0.15) is 58.3 Å². The summed E-state index contributed by atoms with van der Waals surface area (Å²) in [6, 6.07) is 0.141. The summed E-state index contributed by atoms with van der Waals surface area (Å²) in [5.74, 6) is 0.588. The van der Waals surface area contributed by atoms with Gasteiger partial charge in [-0.2, -0.15) is 0 Å². The molecule has 0 heterocycles. The number of carbonyl (C=O) groups excluding carboxylic acids is 1. The lowest BCUT2D eigenvalue weighted by Gasteiger charge is -2.19. The maximum atomic E-state index is 11.8. The molecule has 14 heavy (non-hydrogen) atoms. The molecule has 2 heteroatoms. The van der Waals surface area contributed by atoms with Gasteiger partial charge in [0.2, 0.25) is 0 Å². The first-order chi connectivity index (χ1) is 6.75. The molecular weight excluding hydrogens is 174 g/mol. The van der Waals surface area contributed by atoms with Gasteiger partial charge in [-0.3, -0.25) is 4.79 Å². The average Bonchev–Trinajstić information content (AvgIpc) is 2.39. The van der Waals surface area contributed by atoms with Crippen LogP contribution in [0.25, 0.3) is 0 Å². The predicted octanol–water partition coefficient (Wildman–Crippen LogP) is 2.65. The molecule has 1 aliphatic rings. The third kappa shape index (κ3) is 3.41. The van der Waals surface area contributed by atoms with E-state index >= 15 is 0 Å². The second-order valence-electron chi connectivity index (χ2n) is 4.48. The summed E-state index contributed by atoms with van der Waals surface area (Å²) in [5, 5.41) is 0. The molecule has 0 aliphatic heterocycles. The number of unbranched alkanes of at least 4 members (excludes halogenated alkanes) is 1. The van der Waals surface area contributed by atoms with Crippen molar-refractivity contribution in [2.45, 2.75) is 64.3 Å². The fourth-order valence-electron chi connectivity index (χ4n) is 2.27. The second kappa shape index (κ2) is 6.18. The van der Waals surface area contributed by atoms with E-state index in [9.17, 15) is 4.79 Å². The molecule has 0 aromatic carbocycles. The molecule has 1 fully saturated rings. The van der Waals surface area contributed by atoms with E-state index in [4.69, 9.17) is 5.73 Å². The zero-order valence-corrected chi connectivity index (χ0v) is 9.30. The van der Waals surface area contributed by atoms with Gasteiger partial charge < -0.3 is 5.73 Å². The molecule has 1 saturated carbocycles. The van der Waals surface area contributed by atoms with Crippen molar-refractivity contribution in [3.8, 4) is 0 Å². The Kier molecular flexibility index (Phi) is 5.16. The van der Waals surface area contributed by atoms with Crippen molar-refractivity contribution < 1.29 is 4.79 Å². The van der Waals surface area contributed by atoms with Crippen LogP contribution in [0.2, 0.25) is 0 Å². The first kappa shape index (κ1) is 11.7. The summed E-state index contributed by atoms with van der Waals surface area (Å²) >= 11 is 0. The van der Waals surface area contributed by atoms with Crippen LogP contribution in [0.5, 0.6) is 0 Å². The summed E-state index contributed by atoms with van der Waals surface area (Å²) < 4.78 is 0. The van der Waals surface area contributed by atoms with Crippen LogP contribution in [-0.4, -0.2) is 11.8 Å². The first-order valence-corrected chi connectivity index (χ1v) is 6.04. The Balaban J connectivity index is 2.41. The van der Waals surface area contributed by atoms with Crippen molar-refractivity contribution in [1.82, 2.24) is 0 Å². The lowest BCUT2D eigenvalue weighted by atomic mass is 9.89. The van der Waals surface area contributed by atoms with Crippen molar-refractivity contribution in [3.05, 3.63) is 0 Å². The lowest BCUT2D eigenvalue weighted by molar-refractivity contribution is -0.123. The SMILES string of the molecule is CCCCC(=O)C1CCCCCC1N. The van der Waals surface area contributed by atoms with E-state index < -0.39 is 0 Å². The Morgan fingerprint density at radius 2 is 2.00 bits per heavy atom. The Morgan fingerprint density at radius 1 is 1.29 bits per heavy atom. The summed E-state index contributed by atoms with van der Waals surface area (Å²) in [4.78, 5) is 11.8. The molecule has 0 aromatic heterocycles. The van der Waals surface area contributed by atoms with Gasteiger partial charge >= 0.3 is 0 Å². The highest BCUT2D eigenvalue weighted by atomic mass is 16.1. The van der Waals surface area contributed by atoms with Crippen LogP contribution < -0.4 is 5.73 Å². The molecule has 82 valence electrons. The van der Waals surface area contributed by atoms with Gasteiger partial charge in [-0.15, -0.1) is 0 Å². The van der Waals surface area contributed by atoms with Gasteiger partial charge in [-0.25, -0.2) is 0 Å². The Hall–Kier alpha value is -0.370. The van der Waals surface area contributed by atoms with Gasteiger partial charge in [0.15, 0.2) is 0 Å². The zero-order valence-electron chi connectivity index (χ0n) is 9.30. The van der Waals surface area contributed by atoms with Crippen LogP contribution >= 0.6 is 0 Å². The molecular formula is C12H23NO. The highest BCUT2D eigenvalue weighted by molar-refractivity contribution is 5.81. The van der Waals surface area contributed by atoms with Crippen LogP contribution in [0.15, 0.2) is 0 Å². The maximum absolute atomic E-state index is 11.8. The van der Waals surface area contributed by atoms with Crippen LogP contribution in [-0.2, 0) is 4.79 Å². The largest absolute Gasteiger partial charge is 0.327 e. The molecule has 0 amide bonds. The van der Waals surface area contributed by atoms with Crippen molar-refractivity contribution in [2.75, 3.05) is 0 Å². The predicted molar refractivity (Wildman–Crippen MR) is 59.1 cm³/mol. The summed E-state index contributed by atoms with van der Waals surface area (Å²) in [5.41, 5.74) is 6.03. The standard InChI is InChI=1S/C12H23NO/c1-2-3-9-12(14)10-7-5-4-6-8-11(10)13/h10-11H,2-9,13H2,1H3. The molecule has 2 unspecified atom stereocenters. The number of rotatable bonds is 4. The monoisotopic (exact) mass is 197 g/mol. The number of ketones is 1. The highest BCUT2D eigenvalue weighted by Gasteiger charge is 2.25. The minimum atomic E-state index is 0.141. The molecule has 0 saturated heterocycles. The van der Waals surface area contributed by atoms with Crippen LogP contribution in [0.4, 0.5) is 0 Å². The Morgan fingerprint density at radius 3 is 2.71 bits per heavy atom. The van der Waals surface area contributed by atoms with E-state index in [2.05, 4.69) is 6.92 Å². The Bertz CT molecular complexity index is 179. The van der Waals surface area contributed by atoms with Crippen molar-refractivity contribution in [3.63, 3.8) is 0 Å². The fraction of sp³-hybridized carbons (Fsp3) is 0.917. The van der Waals surface area contributed by atoms with Crippen molar-refractivity contribution >= 4 is 5.78 Å². The van der Waals surface area contributed by atoms with E-state index in [0.717, 1.165) is 32.1 Å². The number of hydrogen-bond donors (Lipinski definition) is 1. The molecule has 2 nitrogen and oxygen atoms in total. The minimum Gasteiger partial charge on any atom is -0.327 e. The third-order valence-electron chi connectivity index (χ3n) is 3.26. The first-order valence-electron chi connectivity index (χ1n) is 6.04. The van der Waals surface area contributed by atoms with Gasteiger partial charge in [0.05, 0.1) is 0 Å². The smallest absolute Gasteiger partial charge is 0.137 e.